The third kappa shape index (κ3) is 5.47. The van der Waals surface area contributed by atoms with Crippen LogP contribution in [0.15, 0.2) is 40.8 Å². The number of fused-ring (bicyclic) bond motifs is 1. The topological polar surface area (TPSA) is 235 Å². The molecule has 3 aromatic rings. The predicted octanol–water partition coefficient (Wildman–Crippen LogP) is 0.408. The van der Waals surface area contributed by atoms with Crippen molar-refractivity contribution in [3.8, 4) is 40.1 Å². The highest BCUT2D eigenvalue weighted by atomic mass is 16.7. The molecule has 5 atom stereocenters. The third-order valence-electron chi connectivity index (χ3n) is 5.67. The Labute approximate surface area is 212 Å². The van der Waals surface area contributed by atoms with E-state index in [9.17, 15) is 45.3 Å². The Morgan fingerprint density at radius 3 is 2.32 bits per heavy atom. The van der Waals surface area contributed by atoms with E-state index in [0.29, 0.717) is 0 Å². The molecule has 2 aromatic carbocycles. The van der Waals surface area contributed by atoms with Gasteiger partial charge in [0, 0.05) is 18.2 Å². The summed E-state index contributed by atoms with van der Waals surface area (Å²) >= 11 is 0. The zero-order valence-electron chi connectivity index (χ0n) is 19.3. The van der Waals surface area contributed by atoms with Crippen molar-refractivity contribution >= 4 is 22.9 Å². The molecule has 202 valence electrons. The van der Waals surface area contributed by atoms with Crippen LogP contribution in [0.2, 0.25) is 0 Å². The summed E-state index contributed by atoms with van der Waals surface area (Å²) in [6, 6.07) is 7.09. The van der Waals surface area contributed by atoms with Gasteiger partial charge in [0.15, 0.2) is 11.5 Å². The molecule has 1 aromatic heterocycles. The van der Waals surface area contributed by atoms with Gasteiger partial charge in [-0.05, 0) is 12.1 Å². The first-order valence-electron chi connectivity index (χ1n) is 11.0. The zero-order chi connectivity index (χ0) is 27.7. The Kier molecular flexibility index (Phi) is 7.41. The van der Waals surface area contributed by atoms with Crippen molar-refractivity contribution in [1.29, 1.82) is 0 Å². The monoisotopic (exact) mass is 535 g/mol. The molecule has 38 heavy (non-hydrogen) atoms. The second kappa shape index (κ2) is 10.5. The molecule has 14 nitrogen and oxygen atoms in total. The molecule has 4 rings (SSSR count). The molecule has 1 aliphatic heterocycles. The van der Waals surface area contributed by atoms with E-state index in [1.54, 1.807) is 0 Å². The maximum absolute atomic E-state index is 11.6. The van der Waals surface area contributed by atoms with Crippen molar-refractivity contribution in [1.82, 2.24) is 0 Å². The number of carboxylic acids is 1. The highest BCUT2D eigenvalue weighted by Crippen LogP contribution is 2.42. The van der Waals surface area contributed by atoms with Crippen molar-refractivity contribution in [2.75, 3.05) is 6.61 Å². The quantitative estimate of drug-likeness (QED) is 0.0885. The van der Waals surface area contributed by atoms with E-state index in [1.165, 1.54) is 18.2 Å². The van der Waals surface area contributed by atoms with E-state index in [1.807, 2.05) is 0 Å². The number of carbonyl (C=O) groups is 2. The summed E-state index contributed by atoms with van der Waals surface area (Å²) in [7, 11) is 0. The number of aromatic hydroxyl groups is 4. The van der Waals surface area contributed by atoms with Crippen LogP contribution in [0.3, 0.4) is 0 Å². The van der Waals surface area contributed by atoms with Gasteiger partial charge >= 0.3 is 23.3 Å². The minimum atomic E-state index is -1.85. The maximum atomic E-state index is 11.6. The first-order valence-corrected chi connectivity index (χ1v) is 11.0. The van der Waals surface area contributed by atoms with E-state index in [4.69, 9.17) is 23.7 Å². The number of carbonyl (C=O) groups excluding carboxylic acids is 1. The molecule has 0 radical (unpaired) electrons. The molecule has 0 spiro atoms. The minimum Gasteiger partial charge on any atom is -0.507 e. The number of aliphatic hydroxyl groups excluding tert-OH is 3. The minimum absolute atomic E-state index is 0.0128. The van der Waals surface area contributed by atoms with Crippen molar-refractivity contribution in [3.63, 3.8) is 0 Å². The lowest BCUT2D eigenvalue weighted by Crippen LogP contribution is -2.60. The summed E-state index contributed by atoms with van der Waals surface area (Å²) < 4.78 is 21.8. The lowest BCUT2D eigenvalue weighted by Gasteiger charge is -2.39. The fourth-order valence-electron chi connectivity index (χ4n) is 3.76. The van der Waals surface area contributed by atoms with Crippen molar-refractivity contribution < 1.29 is 69.1 Å². The van der Waals surface area contributed by atoms with Crippen LogP contribution in [0.5, 0.6) is 28.7 Å². The van der Waals surface area contributed by atoms with Gasteiger partial charge in [-0.25, -0.2) is 4.42 Å². The lowest BCUT2D eigenvalue weighted by molar-refractivity contribution is -0.278. The Morgan fingerprint density at radius 1 is 0.895 bits per heavy atom. The number of rotatable bonds is 7. The molecule has 14 heteroatoms. The van der Waals surface area contributed by atoms with Crippen molar-refractivity contribution in [2.24, 2.45) is 0 Å². The molecule has 0 bridgehead atoms. The van der Waals surface area contributed by atoms with E-state index < -0.39 is 72.9 Å². The Bertz CT molecular complexity index is 1370. The van der Waals surface area contributed by atoms with Crippen LogP contribution < -0.4 is 4.74 Å². The van der Waals surface area contributed by atoms with Crippen LogP contribution in [0.4, 0.5) is 0 Å². The molecule has 1 fully saturated rings. The maximum Gasteiger partial charge on any atom is 0.402 e. The van der Waals surface area contributed by atoms with Gasteiger partial charge in [-0.3, -0.25) is 9.59 Å². The smallest absolute Gasteiger partial charge is 0.402 e. The van der Waals surface area contributed by atoms with Gasteiger partial charge in [-0.2, -0.15) is 0 Å². The van der Waals surface area contributed by atoms with Crippen LogP contribution in [-0.2, 0) is 19.1 Å². The predicted molar refractivity (Wildman–Crippen MR) is 123 cm³/mol. The molecular formula is C24H23O14+. The number of benzene rings is 2. The molecule has 0 amide bonds. The second-order valence-corrected chi connectivity index (χ2v) is 8.41. The highest BCUT2D eigenvalue weighted by molar-refractivity contribution is 5.90. The number of phenols is 4. The zero-order valence-corrected chi connectivity index (χ0v) is 19.3. The average molecular weight is 535 g/mol. The molecule has 0 saturated carbocycles. The summed E-state index contributed by atoms with van der Waals surface area (Å²) in [5, 5.41) is 79.6. The summed E-state index contributed by atoms with van der Waals surface area (Å²) in [4.78, 5) is 22.2. The van der Waals surface area contributed by atoms with Crippen molar-refractivity contribution in [3.05, 3.63) is 36.4 Å². The largest absolute Gasteiger partial charge is 0.507 e. The summed E-state index contributed by atoms with van der Waals surface area (Å²) in [5.74, 6) is -4.59. The normalized spacial score (nSPS) is 23.2. The van der Waals surface area contributed by atoms with Gasteiger partial charge in [0.1, 0.15) is 54.3 Å². The molecule has 0 unspecified atom stereocenters. The first kappa shape index (κ1) is 26.7. The van der Waals surface area contributed by atoms with E-state index in [2.05, 4.69) is 0 Å². The average Bonchev–Trinajstić information content (AvgIpc) is 2.84. The number of ether oxygens (including phenoxy) is 3. The van der Waals surface area contributed by atoms with Gasteiger partial charge in [-0.1, -0.05) is 0 Å². The molecule has 1 saturated heterocycles. The Balaban J connectivity index is 1.70. The van der Waals surface area contributed by atoms with Gasteiger partial charge in [-0.15, -0.1) is 0 Å². The third-order valence-corrected chi connectivity index (χ3v) is 5.67. The SMILES string of the molecule is O=C(O)CC(=O)OC[C@H]1O[C@@H](Oc2cc3c(O)cc(O)cc3[o+]c2-c2ccc(O)c(O)c2)[C@H](O)[C@@H](O)[C@@H]1O. The number of carboxylic acid groups (broad SMARTS) is 1. The van der Waals surface area contributed by atoms with Crippen LogP contribution in [-0.4, -0.2) is 90.1 Å². The number of phenolic OH excluding ortho intramolecular Hbond substituents is 4. The van der Waals surface area contributed by atoms with Crippen LogP contribution in [0.1, 0.15) is 6.42 Å². The van der Waals surface area contributed by atoms with E-state index >= 15 is 0 Å². The Hall–Kier alpha value is -4.37. The number of aliphatic hydroxyl groups is 3. The summed E-state index contributed by atoms with van der Waals surface area (Å²) in [6.45, 7) is -0.683. The van der Waals surface area contributed by atoms with Gasteiger partial charge in [0.2, 0.25) is 12.0 Å². The number of esters is 1. The van der Waals surface area contributed by atoms with Crippen molar-refractivity contribution in [2.45, 2.75) is 37.1 Å². The number of aliphatic carboxylic acids is 1. The standard InChI is InChI=1S/C24H22O14/c25-10-4-13(27)11-6-16(23(36-15(11)5-10)9-1-2-12(26)14(28)3-9)37-24-22(34)21(33)20(32)17(38-24)8-35-19(31)7-18(29)30/h1-6,17,20-22,24,32-34H,7-8H2,(H4-,25,26,27,28,29,30)/p+1/t17-,20-,21+,22-,24-/m1/s1. The molecule has 2 heterocycles. The number of hydrogen-bond donors (Lipinski definition) is 8. The Morgan fingerprint density at radius 2 is 1.63 bits per heavy atom. The molecule has 0 aliphatic carbocycles. The second-order valence-electron chi connectivity index (χ2n) is 8.41. The number of hydrogen-bond acceptors (Lipinski definition) is 12. The van der Waals surface area contributed by atoms with Crippen LogP contribution in [0.25, 0.3) is 22.3 Å². The van der Waals surface area contributed by atoms with Gasteiger partial charge in [0.05, 0.1) is 11.6 Å². The molecular weight excluding hydrogens is 512 g/mol. The molecule has 8 N–H and O–H groups in total. The van der Waals surface area contributed by atoms with Crippen LogP contribution in [0, 0.1) is 0 Å². The lowest BCUT2D eigenvalue weighted by atomic mass is 9.99. The summed E-state index contributed by atoms with van der Waals surface area (Å²) in [6.07, 6.45) is -9.55. The van der Waals surface area contributed by atoms with Gasteiger partial charge < -0.3 is 55.1 Å². The van der Waals surface area contributed by atoms with Gasteiger partial charge in [0.25, 0.3) is 0 Å². The summed E-state index contributed by atoms with van der Waals surface area (Å²) in [5.41, 5.74) is 0.131. The fourth-order valence-corrected chi connectivity index (χ4v) is 3.76. The first-order chi connectivity index (χ1) is 17.9. The molecule has 1 aliphatic rings. The fraction of sp³-hybridized carbons (Fsp3) is 0.292. The highest BCUT2D eigenvalue weighted by Gasteiger charge is 2.46. The van der Waals surface area contributed by atoms with E-state index in [0.717, 1.165) is 18.2 Å². The van der Waals surface area contributed by atoms with Crippen LogP contribution >= 0.6 is 0 Å². The van der Waals surface area contributed by atoms with E-state index in [-0.39, 0.29) is 33.8 Å².